The van der Waals surface area contributed by atoms with Crippen LogP contribution in [0.4, 0.5) is 0 Å². The van der Waals surface area contributed by atoms with Crippen LogP contribution in [0.25, 0.3) is 10.9 Å². The Balaban J connectivity index is 1.64. The molecule has 0 fully saturated rings. The standard InChI is InChI=1S/C24H29N3O3/c1-3-4-12-30-20-9-7-8-18(13-20)15-26-24(29)23(27-17(2)28)14-19-16-25-22-11-6-5-10-21(19)22/h5-11,13,16,23,25H,3-4,12,14-15H2,1-2H3,(H,26,29)(H,27,28). The Labute approximate surface area is 177 Å². The second-order valence-corrected chi connectivity index (χ2v) is 7.38. The molecule has 0 aliphatic rings. The van der Waals surface area contributed by atoms with Gasteiger partial charge in [0, 0.05) is 37.0 Å². The first-order valence-corrected chi connectivity index (χ1v) is 10.4. The van der Waals surface area contributed by atoms with Gasteiger partial charge in [0.25, 0.3) is 0 Å². The Hall–Kier alpha value is -3.28. The van der Waals surface area contributed by atoms with Crippen molar-refractivity contribution in [3.63, 3.8) is 0 Å². The fraction of sp³-hybridized carbons (Fsp3) is 0.333. The number of carbonyl (C=O) groups is 2. The molecule has 1 unspecified atom stereocenters. The highest BCUT2D eigenvalue weighted by Gasteiger charge is 2.21. The zero-order valence-corrected chi connectivity index (χ0v) is 17.5. The van der Waals surface area contributed by atoms with E-state index < -0.39 is 6.04 Å². The van der Waals surface area contributed by atoms with Gasteiger partial charge < -0.3 is 20.4 Å². The van der Waals surface area contributed by atoms with E-state index in [2.05, 4.69) is 22.5 Å². The summed E-state index contributed by atoms with van der Waals surface area (Å²) in [5, 5.41) is 6.77. The number of hydrogen-bond donors (Lipinski definition) is 3. The highest BCUT2D eigenvalue weighted by Crippen LogP contribution is 2.19. The maximum Gasteiger partial charge on any atom is 0.243 e. The molecule has 1 aromatic heterocycles. The zero-order chi connectivity index (χ0) is 21.3. The van der Waals surface area contributed by atoms with Gasteiger partial charge in [0.1, 0.15) is 11.8 Å². The van der Waals surface area contributed by atoms with Crippen LogP contribution >= 0.6 is 0 Å². The highest BCUT2D eigenvalue weighted by atomic mass is 16.5. The average Bonchev–Trinajstić information content (AvgIpc) is 3.15. The largest absolute Gasteiger partial charge is 0.494 e. The molecule has 3 rings (SSSR count). The van der Waals surface area contributed by atoms with Crippen molar-refractivity contribution in [1.29, 1.82) is 0 Å². The Morgan fingerprint density at radius 1 is 1.13 bits per heavy atom. The van der Waals surface area contributed by atoms with Gasteiger partial charge in [-0.3, -0.25) is 9.59 Å². The lowest BCUT2D eigenvalue weighted by atomic mass is 10.0. The third kappa shape index (κ3) is 5.86. The van der Waals surface area contributed by atoms with E-state index in [1.165, 1.54) is 6.92 Å². The third-order valence-corrected chi connectivity index (χ3v) is 4.92. The summed E-state index contributed by atoms with van der Waals surface area (Å²) in [5.74, 6) is 0.349. The second kappa shape index (κ2) is 10.5. The van der Waals surface area contributed by atoms with Crippen LogP contribution in [0.2, 0.25) is 0 Å². The lowest BCUT2D eigenvalue weighted by molar-refractivity contribution is -0.128. The van der Waals surface area contributed by atoms with Crippen molar-refractivity contribution >= 4 is 22.7 Å². The van der Waals surface area contributed by atoms with Crippen molar-refractivity contribution in [3.8, 4) is 5.75 Å². The fourth-order valence-electron chi connectivity index (χ4n) is 3.37. The van der Waals surface area contributed by atoms with Gasteiger partial charge in [0.15, 0.2) is 0 Å². The Morgan fingerprint density at radius 3 is 2.77 bits per heavy atom. The molecular formula is C24H29N3O3. The second-order valence-electron chi connectivity index (χ2n) is 7.38. The molecule has 30 heavy (non-hydrogen) atoms. The summed E-state index contributed by atoms with van der Waals surface area (Å²) in [6.45, 7) is 4.60. The molecule has 0 radical (unpaired) electrons. The number of carbonyl (C=O) groups excluding carboxylic acids is 2. The van der Waals surface area contributed by atoms with Gasteiger partial charge in [-0.1, -0.05) is 43.7 Å². The molecule has 0 saturated carbocycles. The van der Waals surface area contributed by atoms with Gasteiger partial charge in [-0.15, -0.1) is 0 Å². The van der Waals surface area contributed by atoms with Gasteiger partial charge in [-0.05, 0) is 35.7 Å². The molecule has 0 spiro atoms. The molecule has 0 bridgehead atoms. The van der Waals surface area contributed by atoms with Crippen molar-refractivity contribution in [2.45, 2.75) is 45.7 Å². The first kappa shape index (κ1) is 21.4. The molecule has 3 N–H and O–H groups in total. The van der Waals surface area contributed by atoms with E-state index in [1.54, 1.807) is 0 Å². The summed E-state index contributed by atoms with van der Waals surface area (Å²) in [5.41, 5.74) is 2.95. The SMILES string of the molecule is CCCCOc1cccc(CNC(=O)C(Cc2c[nH]c3ccccc23)NC(C)=O)c1. The molecule has 0 aliphatic carbocycles. The number of fused-ring (bicyclic) bond motifs is 1. The lowest BCUT2D eigenvalue weighted by Crippen LogP contribution is -2.47. The Bertz CT molecular complexity index is 996. The van der Waals surface area contributed by atoms with Crippen molar-refractivity contribution in [3.05, 3.63) is 65.9 Å². The molecule has 2 amide bonds. The van der Waals surface area contributed by atoms with Gasteiger partial charge >= 0.3 is 0 Å². The van der Waals surface area contributed by atoms with Crippen LogP contribution in [0.3, 0.4) is 0 Å². The number of benzene rings is 2. The maximum absolute atomic E-state index is 12.8. The number of para-hydroxylation sites is 1. The van der Waals surface area contributed by atoms with Crippen LogP contribution in [0.5, 0.6) is 5.75 Å². The van der Waals surface area contributed by atoms with Gasteiger partial charge in [0.05, 0.1) is 6.61 Å². The summed E-state index contributed by atoms with van der Waals surface area (Å²) in [7, 11) is 0. The van der Waals surface area contributed by atoms with E-state index in [1.807, 2.05) is 54.7 Å². The monoisotopic (exact) mass is 407 g/mol. The minimum atomic E-state index is -0.648. The molecule has 6 heteroatoms. The highest BCUT2D eigenvalue weighted by molar-refractivity contribution is 5.89. The van der Waals surface area contributed by atoms with Crippen LogP contribution in [0.1, 0.15) is 37.8 Å². The summed E-state index contributed by atoms with van der Waals surface area (Å²) in [6.07, 6.45) is 4.39. The summed E-state index contributed by atoms with van der Waals surface area (Å²) in [4.78, 5) is 27.7. The van der Waals surface area contributed by atoms with Crippen LogP contribution < -0.4 is 15.4 Å². The van der Waals surface area contributed by atoms with Crippen LogP contribution in [0.15, 0.2) is 54.7 Å². The first-order chi connectivity index (χ1) is 14.6. The summed E-state index contributed by atoms with van der Waals surface area (Å²) >= 11 is 0. The number of nitrogens with one attached hydrogen (secondary N) is 3. The molecule has 3 aromatic rings. The van der Waals surface area contributed by atoms with Crippen LogP contribution in [0, 0.1) is 0 Å². The van der Waals surface area contributed by atoms with Gasteiger partial charge in [0.2, 0.25) is 11.8 Å². The van der Waals surface area contributed by atoms with E-state index in [0.717, 1.165) is 40.6 Å². The number of rotatable bonds is 10. The number of unbranched alkanes of at least 4 members (excludes halogenated alkanes) is 1. The number of hydrogen-bond acceptors (Lipinski definition) is 3. The third-order valence-electron chi connectivity index (χ3n) is 4.92. The molecule has 1 heterocycles. The smallest absolute Gasteiger partial charge is 0.243 e. The number of aromatic amines is 1. The zero-order valence-electron chi connectivity index (χ0n) is 17.5. The lowest BCUT2D eigenvalue weighted by Gasteiger charge is -2.18. The number of H-pyrrole nitrogens is 1. The van der Waals surface area contributed by atoms with E-state index in [4.69, 9.17) is 4.74 Å². The summed E-state index contributed by atoms with van der Waals surface area (Å²) in [6, 6.07) is 15.0. The average molecular weight is 408 g/mol. The topological polar surface area (TPSA) is 83.2 Å². The number of aromatic nitrogens is 1. The summed E-state index contributed by atoms with van der Waals surface area (Å²) < 4.78 is 5.73. The molecule has 1 atom stereocenters. The van der Waals surface area contributed by atoms with Crippen LogP contribution in [-0.4, -0.2) is 29.4 Å². The van der Waals surface area contributed by atoms with Crippen LogP contribution in [-0.2, 0) is 22.6 Å². The van der Waals surface area contributed by atoms with Crippen molar-refractivity contribution in [1.82, 2.24) is 15.6 Å². The first-order valence-electron chi connectivity index (χ1n) is 10.4. The fourth-order valence-corrected chi connectivity index (χ4v) is 3.37. The van der Waals surface area contributed by atoms with Crippen molar-refractivity contribution in [2.75, 3.05) is 6.61 Å². The van der Waals surface area contributed by atoms with E-state index in [9.17, 15) is 9.59 Å². The molecule has 158 valence electrons. The molecular weight excluding hydrogens is 378 g/mol. The number of amides is 2. The molecule has 0 aliphatic heterocycles. The molecule has 6 nitrogen and oxygen atoms in total. The van der Waals surface area contributed by atoms with Gasteiger partial charge in [-0.25, -0.2) is 0 Å². The van der Waals surface area contributed by atoms with Gasteiger partial charge in [-0.2, -0.15) is 0 Å². The van der Waals surface area contributed by atoms with E-state index in [-0.39, 0.29) is 11.8 Å². The Kier molecular flexibility index (Phi) is 7.49. The predicted octanol–water partition coefficient (Wildman–Crippen LogP) is 3.71. The Morgan fingerprint density at radius 2 is 1.97 bits per heavy atom. The molecule has 0 saturated heterocycles. The van der Waals surface area contributed by atoms with Crippen molar-refractivity contribution in [2.24, 2.45) is 0 Å². The minimum Gasteiger partial charge on any atom is -0.494 e. The van der Waals surface area contributed by atoms with E-state index in [0.29, 0.717) is 19.6 Å². The van der Waals surface area contributed by atoms with E-state index >= 15 is 0 Å². The normalized spacial score (nSPS) is 11.8. The quantitative estimate of drug-likeness (QED) is 0.448. The molecule has 2 aromatic carbocycles. The predicted molar refractivity (Wildman–Crippen MR) is 118 cm³/mol. The minimum absolute atomic E-state index is 0.215. The van der Waals surface area contributed by atoms with Crippen molar-refractivity contribution < 1.29 is 14.3 Å². The number of ether oxygens (including phenoxy) is 1. The maximum atomic E-state index is 12.8.